The van der Waals surface area contributed by atoms with Crippen LogP contribution in [-0.4, -0.2) is 12.5 Å². The van der Waals surface area contributed by atoms with Gasteiger partial charge in [0, 0.05) is 0 Å². The van der Waals surface area contributed by atoms with E-state index in [1.807, 2.05) is 0 Å². The number of carbonyl (C=O) groups excluding carboxylic acids is 1. The molecule has 0 aliphatic rings. The Kier molecular flexibility index (Phi) is 4.18. The van der Waals surface area contributed by atoms with Crippen LogP contribution in [0.4, 0.5) is 8.78 Å². The highest BCUT2D eigenvalue weighted by molar-refractivity contribution is 5.86. The number of ether oxygens (including phenoxy) is 1. The van der Waals surface area contributed by atoms with E-state index in [4.69, 9.17) is 16.2 Å². The highest BCUT2D eigenvalue weighted by Gasteiger charge is 2.35. The molecule has 0 saturated carbocycles. The van der Waals surface area contributed by atoms with Gasteiger partial charge in [-0.25, -0.2) is 4.39 Å². The van der Waals surface area contributed by atoms with Crippen LogP contribution in [0.1, 0.15) is 5.56 Å². The number of nitrogens with two attached hydrogens (primary N) is 2. The third kappa shape index (κ3) is 3.00. The number of carbonyl (C=O) groups is 1. The minimum atomic E-state index is -1.64. The van der Waals surface area contributed by atoms with E-state index in [9.17, 15) is 13.6 Å². The van der Waals surface area contributed by atoms with Crippen LogP contribution in [-0.2, 0) is 10.3 Å². The Morgan fingerprint density at radius 3 is 2.38 bits per heavy atom. The summed E-state index contributed by atoms with van der Waals surface area (Å²) in [5.74, 6) is -3.35. The van der Waals surface area contributed by atoms with Crippen molar-refractivity contribution < 1.29 is 18.3 Å². The molecular weight excluding hydrogens is 278 g/mol. The summed E-state index contributed by atoms with van der Waals surface area (Å²) >= 11 is 0. The Bertz CT molecular complexity index is 649. The van der Waals surface area contributed by atoms with Crippen LogP contribution in [0, 0.1) is 11.6 Å². The lowest BCUT2D eigenvalue weighted by Gasteiger charge is -2.26. The van der Waals surface area contributed by atoms with Gasteiger partial charge in [0.05, 0.1) is 0 Å². The zero-order chi connectivity index (χ0) is 15.5. The van der Waals surface area contributed by atoms with Crippen LogP contribution in [0.25, 0.3) is 0 Å². The van der Waals surface area contributed by atoms with Crippen LogP contribution >= 0.6 is 0 Å². The monoisotopic (exact) mass is 292 g/mol. The van der Waals surface area contributed by atoms with E-state index >= 15 is 0 Å². The maximum atomic E-state index is 13.5. The molecule has 0 bridgehead atoms. The Balaban J connectivity index is 2.26. The molecule has 4 N–H and O–H groups in total. The van der Waals surface area contributed by atoms with E-state index in [1.165, 1.54) is 12.1 Å². The molecule has 21 heavy (non-hydrogen) atoms. The lowest BCUT2D eigenvalue weighted by molar-refractivity contribution is -0.124. The molecule has 0 aliphatic carbocycles. The number of rotatable bonds is 5. The Morgan fingerprint density at radius 2 is 1.76 bits per heavy atom. The second-order valence-corrected chi connectivity index (χ2v) is 4.54. The molecule has 0 aromatic heterocycles. The maximum Gasteiger partial charge on any atom is 0.245 e. The van der Waals surface area contributed by atoms with Gasteiger partial charge in [-0.05, 0) is 17.7 Å². The lowest BCUT2D eigenvalue weighted by Crippen LogP contribution is -2.53. The molecule has 1 amide bonds. The van der Waals surface area contributed by atoms with Gasteiger partial charge in [-0.15, -0.1) is 0 Å². The second kappa shape index (κ2) is 5.88. The quantitative estimate of drug-likeness (QED) is 0.880. The number of hydrogen-bond acceptors (Lipinski definition) is 3. The minimum absolute atomic E-state index is 0.331. The summed E-state index contributed by atoms with van der Waals surface area (Å²) in [5, 5.41) is 0. The Labute approximate surface area is 120 Å². The number of benzene rings is 2. The highest BCUT2D eigenvalue weighted by atomic mass is 19.2. The molecule has 0 heterocycles. The molecule has 0 saturated heterocycles. The van der Waals surface area contributed by atoms with Crippen LogP contribution in [0.5, 0.6) is 5.75 Å². The maximum absolute atomic E-state index is 13.5. The van der Waals surface area contributed by atoms with Crippen molar-refractivity contribution in [2.45, 2.75) is 5.54 Å². The molecule has 2 aromatic rings. The van der Waals surface area contributed by atoms with E-state index in [0.717, 1.165) is 6.07 Å². The van der Waals surface area contributed by atoms with Crippen molar-refractivity contribution in [2.75, 3.05) is 6.61 Å². The molecule has 0 radical (unpaired) electrons. The summed E-state index contributed by atoms with van der Waals surface area (Å²) in [7, 11) is 0. The molecule has 110 valence electrons. The van der Waals surface area contributed by atoms with Gasteiger partial charge in [-0.1, -0.05) is 36.4 Å². The fourth-order valence-electron chi connectivity index (χ4n) is 1.82. The van der Waals surface area contributed by atoms with Crippen molar-refractivity contribution in [2.24, 2.45) is 11.5 Å². The van der Waals surface area contributed by atoms with Crippen LogP contribution in [0.15, 0.2) is 48.5 Å². The largest absolute Gasteiger partial charge is 0.488 e. The van der Waals surface area contributed by atoms with E-state index < -0.39 is 29.7 Å². The standard InChI is InChI=1S/C15H14F2N2O2/c16-11-7-4-8-12(13(11)17)21-9-15(19,14(18)20)10-5-2-1-3-6-10/h1-8H,9,19H2,(H2,18,20). The molecule has 1 unspecified atom stereocenters. The van der Waals surface area contributed by atoms with Gasteiger partial charge in [-0.2, -0.15) is 4.39 Å². The molecule has 4 nitrogen and oxygen atoms in total. The lowest BCUT2D eigenvalue weighted by atomic mass is 9.91. The fraction of sp³-hybridized carbons (Fsp3) is 0.133. The number of hydrogen-bond donors (Lipinski definition) is 2. The summed E-state index contributed by atoms with van der Waals surface area (Å²) in [4.78, 5) is 11.6. The van der Waals surface area contributed by atoms with Crippen LogP contribution < -0.4 is 16.2 Å². The molecular formula is C15H14F2N2O2. The number of halogens is 2. The smallest absolute Gasteiger partial charge is 0.245 e. The van der Waals surface area contributed by atoms with E-state index in [-0.39, 0.29) is 5.75 Å². The SMILES string of the molecule is NC(=O)C(N)(COc1cccc(F)c1F)c1ccccc1. The van der Waals surface area contributed by atoms with Gasteiger partial charge < -0.3 is 16.2 Å². The first kappa shape index (κ1) is 14.9. The normalized spacial score (nSPS) is 13.5. The number of amides is 1. The van der Waals surface area contributed by atoms with Crippen molar-refractivity contribution in [3.05, 3.63) is 65.7 Å². The minimum Gasteiger partial charge on any atom is -0.488 e. The summed E-state index contributed by atoms with van der Waals surface area (Å²) in [6.45, 7) is -0.410. The predicted molar refractivity (Wildman–Crippen MR) is 73.4 cm³/mol. The first-order valence-electron chi connectivity index (χ1n) is 6.16. The first-order valence-corrected chi connectivity index (χ1v) is 6.16. The van der Waals surface area contributed by atoms with Crippen molar-refractivity contribution >= 4 is 5.91 Å². The molecule has 6 heteroatoms. The average Bonchev–Trinajstić information content (AvgIpc) is 2.49. The summed E-state index contributed by atoms with van der Waals surface area (Å²) in [5.41, 5.74) is 10.1. The van der Waals surface area contributed by atoms with Gasteiger partial charge in [0.15, 0.2) is 17.1 Å². The van der Waals surface area contributed by atoms with Gasteiger partial charge >= 0.3 is 0 Å². The van der Waals surface area contributed by atoms with E-state index in [0.29, 0.717) is 5.56 Å². The first-order chi connectivity index (χ1) is 9.95. The highest BCUT2D eigenvalue weighted by Crippen LogP contribution is 2.23. The molecule has 0 fully saturated rings. The van der Waals surface area contributed by atoms with Gasteiger partial charge in [0.25, 0.3) is 0 Å². The molecule has 2 aromatic carbocycles. The van der Waals surface area contributed by atoms with Crippen molar-refractivity contribution in [1.82, 2.24) is 0 Å². The summed E-state index contributed by atoms with van der Waals surface area (Å²) in [6, 6.07) is 11.8. The predicted octanol–water partition coefficient (Wildman–Crippen LogP) is 1.68. The van der Waals surface area contributed by atoms with E-state index in [1.54, 1.807) is 30.3 Å². The summed E-state index contributed by atoms with van der Waals surface area (Å²) < 4.78 is 31.8. The molecule has 1 atom stereocenters. The molecule has 0 spiro atoms. The zero-order valence-electron chi connectivity index (χ0n) is 11.1. The van der Waals surface area contributed by atoms with Gasteiger partial charge in [-0.3, -0.25) is 4.79 Å². The van der Waals surface area contributed by atoms with Gasteiger partial charge in [0.1, 0.15) is 6.61 Å². The zero-order valence-corrected chi connectivity index (χ0v) is 11.1. The topological polar surface area (TPSA) is 78.3 Å². The average molecular weight is 292 g/mol. The van der Waals surface area contributed by atoms with Crippen LogP contribution in [0.2, 0.25) is 0 Å². The second-order valence-electron chi connectivity index (χ2n) is 4.54. The van der Waals surface area contributed by atoms with Gasteiger partial charge in [0.2, 0.25) is 11.7 Å². The fourth-order valence-corrected chi connectivity index (χ4v) is 1.82. The third-order valence-corrected chi connectivity index (χ3v) is 3.10. The van der Waals surface area contributed by atoms with Crippen molar-refractivity contribution in [3.63, 3.8) is 0 Å². The Morgan fingerprint density at radius 1 is 1.10 bits per heavy atom. The molecule has 2 rings (SSSR count). The summed E-state index contributed by atoms with van der Waals surface area (Å²) in [6.07, 6.45) is 0. The Hall–Kier alpha value is -2.47. The van der Waals surface area contributed by atoms with Crippen LogP contribution in [0.3, 0.4) is 0 Å². The molecule has 0 aliphatic heterocycles. The van der Waals surface area contributed by atoms with Crippen molar-refractivity contribution in [1.29, 1.82) is 0 Å². The van der Waals surface area contributed by atoms with E-state index in [2.05, 4.69) is 0 Å². The van der Waals surface area contributed by atoms with Crippen molar-refractivity contribution in [3.8, 4) is 5.75 Å². The third-order valence-electron chi connectivity index (χ3n) is 3.10. The number of primary amides is 1.